The highest BCUT2D eigenvalue weighted by Gasteiger charge is 2.49. The van der Waals surface area contributed by atoms with Crippen LogP contribution in [0.3, 0.4) is 0 Å². The Kier molecular flexibility index (Phi) is 3.30. The Bertz CT molecular complexity index is 474. The second-order valence-corrected chi connectivity index (χ2v) is 7.16. The van der Waals surface area contributed by atoms with E-state index in [0.717, 1.165) is 24.3 Å². The molecule has 1 heterocycles. The van der Waals surface area contributed by atoms with Crippen LogP contribution in [-0.2, 0) is 6.42 Å². The summed E-state index contributed by atoms with van der Waals surface area (Å²) in [6, 6.07) is 5.06. The van der Waals surface area contributed by atoms with Gasteiger partial charge in [0, 0.05) is 23.9 Å². The number of nitrogens with zero attached hydrogens (tertiary/aromatic N) is 1. The minimum atomic E-state index is 0.667. The number of hydrogen-bond acceptors (Lipinski definition) is 2. The average Bonchev–Trinajstić information content (AvgIpc) is 2.91. The van der Waals surface area contributed by atoms with E-state index in [1.54, 1.807) is 0 Å². The number of rotatable bonds is 5. The molecule has 0 aromatic carbocycles. The van der Waals surface area contributed by atoms with Gasteiger partial charge in [0.15, 0.2) is 0 Å². The average molecular weight is 270 g/mol. The Morgan fingerprint density at radius 2 is 2.15 bits per heavy atom. The molecule has 0 saturated heterocycles. The van der Waals surface area contributed by atoms with Gasteiger partial charge in [-0.3, -0.25) is 4.98 Å². The van der Waals surface area contributed by atoms with E-state index < -0.39 is 0 Å². The first kappa shape index (κ1) is 12.8. The molecule has 2 nitrogen and oxygen atoms in total. The van der Waals surface area contributed by atoms with Crippen LogP contribution < -0.4 is 5.32 Å². The Labute approximate surface area is 122 Å². The monoisotopic (exact) mass is 270 g/mol. The summed E-state index contributed by atoms with van der Waals surface area (Å²) < 4.78 is 0. The van der Waals surface area contributed by atoms with E-state index >= 15 is 0 Å². The van der Waals surface area contributed by atoms with E-state index in [0.29, 0.717) is 12.0 Å². The van der Waals surface area contributed by atoms with Crippen molar-refractivity contribution in [3.63, 3.8) is 0 Å². The molecule has 4 unspecified atom stereocenters. The van der Waals surface area contributed by atoms with E-state index in [1.807, 2.05) is 6.20 Å². The quantitative estimate of drug-likeness (QED) is 0.885. The number of hydrogen-bond donors (Lipinski definition) is 1. The van der Waals surface area contributed by atoms with Gasteiger partial charge >= 0.3 is 0 Å². The molecule has 4 rings (SSSR count). The maximum absolute atomic E-state index is 4.73. The molecule has 0 amide bonds. The fourth-order valence-electron chi connectivity index (χ4n) is 4.80. The smallest absolute Gasteiger partial charge is 0.0482 e. The normalized spacial score (nSPS) is 35.6. The lowest BCUT2D eigenvalue weighted by atomic mass is 9.83. The Morgan fingerprint density at radius 1 is 1.30 bits per heavy atom. The third-order valence-electron chi connectivity index (χ3n) is 5.85. The topological polar surface area (TPSA) is 24.9 Å². The minimum Gasteiger partial charge on any atom is -0.313 e. The number of nitrogens with one attached hydrogen (secondary N) is 1. The lowest BCUT2D eigenvalue weighted by Gasteiger charge is -2.31. The summed E-state index contributed by atoms with van der Waals surface area (Å²) in [6.45, 7) is 3.44. The van der Waals surface area contributed by atoms with Crippen molar-refractivity contribution < 1.29 is 0 Å². The first-order valence-corrected chi connectivity index (χ1v) is 8.54. The number of fused-ring (bicyclic) bond motifs is 2. The molecule has 1 aromatic heterocycles. The van der Waals surface area contributed by atoms with Crippen LogP contribution in [0.2, 0.25) is 0 Å². The van der Waals surface area contributed by atoms with Crippen molar-refractivity contribution in [2.24, 2.45) is 17.8 Å². The van der Waals surface area contributed by atoms with Crippen molar-refractivity contribution in [2.45, 2.75) is 57.4 Å². The second-order valence-electron chi connectivity index (χ2n) is 7.16. The highest BCUT2D eigenvalue weighted by Crippen LogP contribution is 2.56. The summed E-state index contributed by atoms with van der Waals surface area (Å²) in [6.07, 6.45) is 10.2. The zero-order valence-corrected chi connectivity index (χ0v) is 12.5. The summed E-state index contributed by atoms with van der Waals surface area (Å²) in [5.74, 6) is 3.73. The van der Waals surface area contributed by atoms with E-state index in [4.69, 9.17) is 4.98 Å². The summed E-state index contributed by atoms with van der Waals surface area (Å²) in [5, 5.41) is 3.90. The summed E-state index contributed by atoms with van der Waals surface area (Å²) in [4.78, 5) is 4.73. The summed E-state index contributed by atoms with van der Waals surface area (Å²) in [5.41, 5.74) is 2.91. The van der Waals surface area contributed by atoms with E-state index in [-0.39, 0.29) is 0 Å². The molecular formula is C18H26N2. The van der Waals surface area contributed by atoms with Gasteiger partial charge in [0.05, 0.1) is 0 Å². The van der Waals surface area contributed by atoms with E-state index in [9.17, 15) is 0 Å². The van der Waals surface area contributed by atoms with Crippen LogP contribution in [0.25, 0.3) is 0 Å². The molecule has 3 aliphatic carbocycles. The number of aryl methyl sites for hydroxylation is 1. The first-order chi connectivity index (χ1) is 9.86. The Balaban J connectivity index is 1.55. The fourth-order valence-corrected chi connectivity index (χ4v) is 4.80. The molecule has 1 aromatic rings. The molecule has 2 fully saturated rings. The lowest BCUT2D eigenvalue weighted by Crippen LogP contribution is -2.41. The molecule has 20 heavy (non-hydrogen) atoms. The highest BCUT2D eigenvalue weighted by molar-refractivity contribution is 5.30. The molecular weight excluding hydrogens is 244 g/mol. The minimum absolute atomic E-state index is 0.667. The van der Waals surface area contributed by atoms with Gasteiger partial charge < -0.3 is 5.32 Å². The van der Waals surface area contributed by atoms with Crippen molar-refractivity contribution in [3.8, 4) is 0 Å². The van der Waals surface area contributed by atoms with Gasteiger partial charge in [0.1, 0.15) is 0 Å². The Hall–Kier alpha value is -0.890. The largest absolute Gasteiger partial charge is 0.313 e. The van der Waals surface area contributed by atoms with Gasteiger partial charge in [-0.05, 0) is 74.5 Å². The van der Waals surface area contributed by atoms with Crippen LogP contribution in [0, 0.1) is 17.8 Å². The van der Waals surface area contributed by atoms with Gasteiger partial charge in [-0.2, -0.15) is 0 Å². The standard InChI is InChI=1S/C18H26N2/c1-2-7-19-18(15-10-13-9-14(13)11-15)16-6-5-12-4-3-8-20-17(12)16/h3-4,8,13-16,18-19H,2,5-7,9-11H2,1H3. The molecule has 1 N–H and O–H groups in total. The molecule has 0 radical (unpaired) electrons. The van der Waals surface area contributed by atoms with Gasteiger partial charge in [0.25, 0.3) is 0 Å². The van der Waals surface area contributed by atoms with Crippen molar-refractivity contribution >= 4 is 0 Å². The van der Waals surface area contributed by atoms with Crippen molar-refractivity contribution in [1.29, 1.82) is 0 Å². The molecule has 2 heteroatoms. The predicted octanol–water partition coefficient (Wildman–Crippen LogP) is 3.53. The number of aromatic nitrogens is 1. The molecule has 3 aliphatic rings. The fraction of sp³-hybridized carbons (Fsp3) is 0.722. The van der Waals surface area contributed by atoms with E-state index in [2.05, 4.69) is 24.4 Å². The maximum Gasteiger partial charge on any atom is 0.0482 e. The van der Waals surface area contributed by atoms with Crippen LogP contribution in [-0.4, -0.2) is 17.6 Å². The van der Waals surface area contributed by atoms with Crippen molar-refractivity contribution in [3.05, 3.63) is 29.6 Å². The lowest BCUT2D eigenvalue weighted by molar-refractivity contribution is 0.287. The van der Waals surface area contributed by atoms with Crippen molar-refractivity contribution in [2.75, 3.05) is 6.54 Å². The third kappa shape index (κ3) is 2.18. The predicted molar refractivity (Wildman–Crippen MR) is 81.7 cm³/mol. The maximum atomic E-state index is 4.73. The highest BCUT2D eigenvalue weighted by atomic mass is 14.9. The van der Waals surface area contributed by atoms with Gasteiger partial charge in [-0.25, -0.2) is 0 Å². The zero-order chi connectivity index (χ0) is 13.5. The first-order valence-electron chi connectivity index (χ1n) is 8.54. The number of pyridine rings is 1. The molecule has 108 valence electrons. The van der Waals surface area contributed by atoms with Crippen LogP contribution in [0.4, 0.5) is 0 Å². The van der Waals surface area contributed by atoms with Crippen molar-refractivity contribution in [1.82, 2.24) is 10.3 Å². The SMILES string of the molecule is CCCNC(C1CC2CC2C1)C1CCc2cccnc21. The zero-order valence-electron chi connectivity index (χ0n) is 12.5. The van der Waals surface area contributed by atoms with Gasteiger partial charge in [0.2, 0.25) is 0 Å². The van der Waals surface area contributed by atoms with Crippen LogP contribution >= 0.6 is 0 Å². The van der Waals surface area contributed by atoms with Crippen LogP contribution in [0.5, 0.6) is 0 Å². The second kappa shape index (κ2) is 5.14. The molecule has 0 aliphatic heterocycles. The van der Waals surface area contributed by atoms with Gasteiger partial charge in [-0.15, -0.1) is 0 Å². The molecule has 0 bridgehead atoms. The summed E-state index contributed by atoms with van der Waals surface area (Å²) >= 11 is 0. The molecule has 4 atom stereocenters. The van der Waals surface area contributed by atoms with Gasteiger partial charge in [-0.1, -0.05) is 13.0 Å². The third-order valence-corrected chi connectivity index (χ3v) is 5.85. The molecule has 2 saturated carbocycles. The summed E-state index contributed by atoms with van der Waals surface area (Å²) in [7, 11) is 0. The Morgan fingerprint density at radius 3 is 2.95 bits per heavy atom. The van der Waals surface area contributed by atoms with Crippen LogP contribution in [0.1, 0.15) is 56.2 Å². The van der Waals surface area contributed by atoms with E-state index in [1.165, 1.54) is 49.8 Å². The molecule has 0 spiro atoms. The van der Waals surface area contributed by atoms with Crippen LogP contribution in [0.15, 0.2) is 18.3 Å².